The van der Waals surface area contributed by atoms with Crippen molar-refractivity contribution in [2.75, 3.05) is 6.61 Å². The van der Waals surface area contributed by atoms with Gasteiger partial charge in [0.05, 0.1) is 6.61 Å². The molecule has 3 heteroatoms. The molecule has 0 saturated heterocycles. The Bertz CT molecular complexity index is 422. The van der Waals surface area contributed by atoms with Gasteiger partial charge >= 0.3 is 5.97 Å². The van der Waals surface area contributed by atoms with Crippen LogP contribution in [-0.2, 0) is 14.3 Å². The largest absolute Gasteiger partial charge is 0.465 e. The summed E-state index contributed by atoms with van der Waals surface area (Å²) in [5, 5.41) is 0. The van der Waals surface area contributed by atoms with Gasteiger partial charge in [-0.05, 0) is 57.3 Å². The average Bonchev–Trinajstić information content (AvgIpc) is 2.50. The molecule has 3 atom stereocenters. The molecule has 0 bridgehead atoms. The zero-order valence-corrected chi connectivity index (χ0v) is 12.9. The van der Waals surface area contributed by atoms with Crippen LogP contribution in [0.1, 0.15) is 51.9 Å². The first kappa shape index (κ1) is 16.0. The summed E-state index contributed by atoms with van der Waals surface area (Å²) >= 11 is 0. The first-order valence-corrected chi connectivity index (χ1v) is 8.25. The number of carbonyl (C=O) groups excluding carboxylic acids is 2. The third kappa shape index (κ3) is 4.55. The van der Waals surface area contributed by atoms with Crippen LogP contribution in [0, 0.1) is 17.8 Å². The molecular weight excluding hydrogens is 264 g/mol. The molecular formula is C18H26O3. The molecule has 0 spiro atoms. The molecule has 2 rings (SSSR count). The molecule has 0 aromatic heterocycles. The number of esters is 1. The van der Waals surface area contributed by atoms with E-state index in [2.05, 4.69) is 18.2 Å². The van der Waals surface area contributed by atoms with Crippen molar-refractivity contribution >= 4 is 11.8 Å². The van der Waals surface area contributed by atoms with Gasteiger partial charge in [-0.3, -0.25) is 9.59 Å². The van der Waals surface area contributed by atoms with E-state index in [1.54, 1.807) is 6.92 Å². The van der Waals surface area contributed by atoms with Gasteiger partial charge in [0.2, 0.25) is 0 Å². The molecule has 3 unspecified atom stereocenters. The van der Waals surface area contributed by atoms with E-state index in [1.807, 2.05) is 6.08 Å². The number of hydrogen-bond donors (Lipinski definition) is 0. The summed E-state index contributed by atoms with van der Waals surface area (Å²) in [5.74, 6) is -0.550. The van der Waals surface area contributed by atoms with Gasteiger partial charge in [-0.1, -0.05) is 24.3 Å². The molecule has 0 aromatic rings. The topological polar surface area (TPSA) is 43.4 Å². The second-order valence-corrected chi connectivity index (χ2v) is 6.04. The molecule has 116 valence electrons. The highest BCUT2D eigenvalue weighted by atomic mass is 16.5. The summed E-state index contributed by atoms with van der Waals surface area (Å²) in [4.78, 5) is 24.9. The fraction of sp³-hybridized carbons (Fsp3) is 0.667. The minimum Gasteiger partial charge on any atom is -0.465 e. The number of rotatable bonds is 6. The van der Waals surface area contributed by atoms with E-state index in [9.17, 15) is 9.59 Å². The summed E-state index contributed by atoms with van der Waals surface area (Å²) in [6.45, 7) is 2.13. The van der Waals surface area contributed by atoms with Crippen molar-refractivity contribution in [2.45, 2.75) is 51.9 Å². The van der Waals surface area contributed by atoms with Crippen molar-refractivity contribution in [1.82, 2.24) is 0 Å². The molecule has 0 heterocycles. The highest BCUT2D eigenvalue weighted by Gasteiger charge is 2.35. The summed E-state index contributed by atoms with van der Waals surface area (Å²) in [5.41, 5.74) is 0. The van der Waals surface area contributed by atoms with Gasteiger partial charge < -0.3 is 4.74 Å². The first-order chi connectivity index (χ1) is 10.2. The van der Waals surface area contributed by atoms with Crippen LogP contribution in [0.15, 0.2) is 24.3 Å². The predicted octanol–water partition coefficient (Wildman–Crippen LogP) is 3.84. The minimum atomic E-state index is -0.600. The van der Waals surface area contributed by atoms with Crippen molar-refractivity contribution in [2.24, 2.45) is 17.8 Å². The Balaban J connectivity index is 2.05. The maximum atomic E-state index is 12.7. The second-order valence-electron chi connectivity index (χ2n) is 6.04. The molecule has 0 saturated carbocycles. The minimum absolute atomic E-state index is 0.0258. The lowest BCUT2D eigenvalue weighted by Crippen LogP contribution is -2.34. The van der Waals surface area contributed by atoms with Gasteiger partial charge in [0, 0.05) is 6.42 Å². The molecule has 0 amide bonds. The molecule has 0 aromatic carbocycles. The fourth-order valence-electron chi connectivity index (χ4n) is 3.33. The third-order valence-corrected chi connectivity index (χ3v) is 4.42. The number of ketones is 1. The molecule has 2 aliphatic rings. The van der Waals surface area contributed by atoms with Gasteiger partial charge in [0.25, 0.3) is 0 Å². The van der Waals surface area contributed by atoms with Crippen LogP contribution in [0.5, 0.6) is 0 Å². The van der Waals surface area contributed by atoms with E-state index >= 15 is 0 Å². The molecule has 21 heavy (non-hydrogen) atoms. The SMILES string of the molecule is CCOC(=O)C(C(=O)CC1C=CCCC1)C1C=CCCC1. The molecule has 0 fully saturated rings. The van der Waals surface area contributed by atoms with Gasteiger partial charge in [-0.2, -0.15) is 0 Å². The first-order valence-electron chi connectivity index (χ1n) is 8.25. The predicted molar refractivity (Wildman–Crippen MR) is 82.7 cm³/mol. The molecule has 0 N–H and O–H groups in total. The average molecular weight is 290 g/mol. The standard InChI is InChI=1S/C18H26O3/c1-2-21-18(20)17(15-11-7-4-8-12-15)16(19)13-14-9-5-3-6-10-14/h5,7,9,11,14-15,17H,2-4,6,8,10,12-13H2,1H3. The number of hydrogen-bond acceptors (Lipinski definition) is 3. The number of carbonyl (C=O) groups is 2. The zero-order chi connectivity index (χ0) is 15.1. The van der Waals surface area contributed by atoms with E-state index in [0.29, 0.717) is 18.9 Å². The van der Waals surface area contributed by atoms with E-state index in [4.69, 9.17) is 4.74 Å². The maximum absolute atomic E-state index is 12.7. The highest BCUT2D eigenvalue weighted by molar-refractivity contribution is 5.99. The summed E-state index contributed by atoms with van der Waals surface area (Å²) in [6.07, 6.45) is 15.2. The van der Waals surface area contributed by atoms with Crippen LogP contribution in [0.2, 0.25) is 0 Å². The maximum Gasteiger partial charge on any atom is 0.317 e. The number of Topliss-reactive ketones (excluding diaryl/α,β-unsaturated/α-hetero) is 1. The van der Waals surface area contributed by atoms with Crippen LogP contribution < -0.4 is 0 Å². The molecule has 0 radical (unpaired) electrons. The lowest BCUT2D eigenvalue weighted by molar-refractivity contribution is -0.153. The lowest BCUT2D eigenvalue weighted by Gasteiger charge is -2.26. The van der Waals surface area contributed by atoms with Crippen LogP contribution in [0.4, 0.5) is 0 Å². The van der Waals surface area contributed by atoms with Gasteiger partial charge in [-0.25, -0.2) is 0 Å². The van der Waals surface area contributed by atoms with Crippen LogP contribution in [0.25, 0.3) is 0 Å². The van der Waals surface area contributed by atoms with E-state index in [-0.39, 0.29) is 17.7 Å². The van der Waals surface area contributed by atoms with Crippen LogP contribution >= 0.6 is 0 Å². The van der Waals surface area contributed by atoms with Crippen molar-refractivity contribution < 1.29 is 14.3 Å². The van der Waals surface area contributed by atoms with Crippen molar-refractivity contribution in [3.8, 4) is 0 Å². The Kier molecular flexibility index (Phi) is 6.21. The molecule has 3 nitrogen and oxygen atoms in total. The van der Waals surface area contributed by atoms with Gasteiger partial charge in [0.15, 0.2) is 0 Å². The Labute approximate surface area is 127 Å². The molecule has 0 aliphatic heterocycles. The van der Waals surface area contributed by atoms with E-state index in [1.165, 1.54) is 0 Å². The quantitative estimate of drug-likeness (QED) is 0.424. The van der Waals surface area contributed by atoms with Gasteiger partial charge in [-0.15, -0.1) is 0 Å². The molecule has 2 aliphatic carbocycles. The summed E-state index contributed by atoms with van der Waals surface area (Å²) < 4.78 is 5.16. The van der Waals surface area contributed by atoms with Crippen LogP contribution in [-0.4, -0.2) is 18.4 Å². The van der Waals surface area contributed by atoms with Gasteiger partial charge in [0.1, 0.15) is 11.7 Å². The Morgan fingerprint density at radius 2 is 1.86 bits per heavy atom. The summed E-state index contributed by atoms with van der Waals surface area (Å²) in [6, 6.07) is 0. The van der Waals surface area contributed by atoms with Crippen LogP contribution in [0.3, 0.4) is 0 Å². The van der Waals surface area contributed by atoms with Crippen molar-refractivity contribution in [3.05, 3.63) is 24.3 Å². The Morgan fingerprint density at radius 1 is 1.14 bits per heavy atom. The Hall–Kier alpha value is -1.38. The summed E-state index contributed by atoms with van der Waals surface area (Å²) in [7, 11) is 0. The van der Waals surface area contributed by atoms with Crippen molar-refractivity contribution in [1.29, 1.82) is 0 Å². The number of allylic oxidation sites excluding steroid dienone is 4. The smallest absolute Gasteiger partial charge is 0.317 e. The second kappa shape index (κ2) is 8.16. The highest BCUT2D eigenvalue weighted by Crippen LogP contribution is 2.30. The lowest BCUT2D eigenvalue weighted by atomic mass is 9.78. The normalized spacial score (nSPS) is 26.3. The fourth-order valence-corrected chi connectivity index (χ4v) is 3.33. The zero-order valence-electron chi connectivity index (χ0n) is 12.9. The van der Waals surface area contributed by atoms with E-state index in [0.717, 1.165) is 38.5 Å². The van der Waals surface area contributed by atoms with Crippen molar-refractivity contribution in [3.63, 3.8) is 0 Å². The monoisotopic (exact) mass is 290 g/mol. The third-order valence-electron chi connectivity index (χ3n) is 4.42. The van der Waals surface area contributed by atoms with E-state index < -0.39 is 5.92 Å². The Morgan fingerprint density at radius 3 is 2.43 bits per heavy atom. The number of ether oxygens (including phenoxy) is 1.